The lowest BCUT2D eigenvalue weighted by molar-refractivity contribution is -0.170. The molecule has 2 N–H and O–H groups in total. The molecule has 1 saturated heterocycles. The third-order valence-electron chi connectivity index (χ3n) is 7.55. The zero-order chi connectivity index (χ0) is 28.3. The minimum atomic E-state index is -3.84. The van der Waals surface area contributed by atoms with E-state index in [-0.39, 0.29) is 29.5 Å². The van der Waals surface area contributed by atoms with Gasteiger partial charge in [-0.05, 0) is 46.0 Å². The normalized spacial score (nSPS) is 18.1. The van der Waals surface area contributed by atoms with E-state index < -0.39 is 40.2 Å². The Kier molecular flexibility index (Phi) is 6.42. The van der Waals surface area contributed by atoms with Crippen molar-refractivity contribution >= 4 is 17.4 Å². The van der Waals surface area contributed by atoms with E-state index in [0.717, 1.165) is 19.9 Å². The summed E-state index contributed by atoms with van der Waals surface area (Å²) in [5.41, 5.74) is -3.30. The number of para-hydroxylation sites is 1. The van der Waals surface area contributed by atoms with Gasteiger partial charge in [-0.15, -0.1) is 0 Å². The first-order valence-electron chi connectivity index (χ1n) is 12.5. The van der Waals surface area contributed by atoms with Gasteiger partial charge in [-0.2, -0.15) is 8.78 Å². The van der Waals surface area contributed by atoms with E-state index in [1.807, 2.05) is 11.9 Å². The van der Waals surface area contributed by atoms with Crippen LogP contribution < -0.4 is 10.2 Å². The molecule has 0 saturated carbocycles. The Morgan fingerprint density at radius 2 is 1.77 bits per heavy atom. The first-order chi connectivity index (χ1) is 18.3. The molecule has 1 atom stereocenters. The van der Waals surface area contributed by atoms with Crippen molar-refractivity contribution in [1.82, 2.24) is 14.9 Å². The summed E-state index contributed by atoms with van der Waals surface area (Å²) in [6, 6.07) is 8.78. The van der Waals surface area contributed by atoms with E-state index in [1.165, 1.54) is 41.6 Å². The topological polar surface area (TPSA) is 81.6 Å². The van der Waals surface area contributed by atoms with Crippen LogP contribution in [-0.2, 0) is 22.7 Å². The highest BCUT2D eigenvalue weighted by molar-refractivity contribution is 6.04. The lowest BCUT2D eigenvalue weighted by atomic mass is 9.71. The van der Waals surface area contributed by atoms with E-state index >= 15 is 4.39 Å². The van der Waals surface area contributed by atoms with Gasteiger partial charge in [-0.25, -0.2) is 18.7 Å². The van der Waals surface area contributed by atoms with Crippen LogP contribution in [0.15, 0.2) is 48.8 Å². The van der Waals surface area contributed by atoms with Gasteiger partial charge in [0.25, 0.3) is 0 Å². The predicted molar refractivity (Wildman–Crippen MR) is 137 cm³/mol. The van der Waals surface area contributed by atoms with Crippen molar-refractivity contribution in [2.45, 2.75) is 50.3 Å². The second-order valence-electron chi connectivity index (χ2n) is 10.9. The van der Waals surface area contributed by atoms with Crippen molar-refractivity contribution in [3.05, 3.63) is 82.8 Å². The molecule has 0 unspecified atom stereocenters. The van der Waals surface area contributed by atoms with Gasteiger partial charge in [0.05, 0.1) is 29.5 Å². The minimum Gasteiger partial charge on any atom is -0.384 e. The third-order valence-corrected chi connectivity index (χ3v) is 7.55. The molecule has 0 radical (unpaired) electrons. The van der Waals surface area contributed by atoms with Gasteiger partial charge in [0, 0.05) is 24.2 Å². The highest BCUT2D eigenvalue weighted by Crippen LogP contribution is 2.45. The summed E-state index contributed by atoms with van der Waals surface area (Å²) in [6.45, 7) is 4.15. The standard InChI is InChI=1S/C28H29F4N5O2/c1-16(17-8-7-9-19(22(17)30)28(31,32)26(2,3)39)35-24-18-12-37(21-11-6-5-10-20(21)29)25(38)27(13-36(4)14-27)23(18)33-15-34-24/h5-11,15-16,39H,12-14H2,1-4H3,(H,33,34,35)/t16-/m1/s1. The van der Waals surface area contributed by atoms with Crippen LogP contribution >= 0.6 is 0 Å². The van der Waals surface area contributed by atoms with Gasteiger partial charge >= 0.3 is 5.92 Å². The summed E-state index contributed by atoms with van der Waals surface area (Å²) < 4.78 is 59.9. The van der Waals surface area contributed by atoms with E-state index in [9.17, 15) is 23.1 Å². The molecule has 1 aromatic heterocycles. The number of alkyl halides is 2. The maximum Gasteiger partial charge on any atom is 0.303 e. The number of rotatable bonds is 6. The summed E-state index contributed by atoms with van der Waals surface area (Å²) >= 11 is 0. The van der Waals surface area contributed by atoms with Crippen LogP contribution in [0.3, 0.4) is 0 Å². The summed E-state index contributed by atoms with van der Waals surface area (Å²) in [5.74, 6) is -5.53. The molecule has 39 heavy (non-hydrogen) atoms. The maximum atomic E-state index is 15.4. The van der Waals surface area contributed by atoms with Crippen molar-refractivity contribution in [2.75, 3.05) is 30.4 Å². The highest BCUT2D eigenvalue weighted by Gasteiger charge is 2.56. The Morgan fingerprint density at radius 3 is 2.41 bits per heavy atom. The largest absolute Gasteiger partial charge is 0.384 e. The van der Waals surface area contributed by atoms with Gasteiger partial charge in [-0.1, -0.05) is 24.3 Å². The summed E-state index contributed by atoms with van der Waals surface area (Å²) in [6.07, 6.45) is 1.30. The van der Waals surface area contributed by atoms with Crippen LogP contribution in [0.2, 0.25) is 0 Å². The Balaban J connectivity index is 1.55. The second-order valence-corrected chi connectivity index (χ2v) is 10.9. The van der Waals surface area contributed by atoms with Crippen LogP contribution in [-0.4, -0.2) is 51.6 Å². The fraction of sp³-hybridized carbons (Fsp3) is 0.393. The number of nitrogens with one attached hydrogen (secondary N) is 1. The number of likely N-dealkylation sites (tertiary alicyclic amines) is 1. The minimum absolute atomic E-state index is 0.0320. The smallest absolute Gasteiger partial charge is 0.303 e. The third kappa shape index (κ3) is 4.24. The van der Waals surface area contributed by atoms with Crippen molar-refractivity contribution in [2.24, 2.45) is 0 Å². The van der Waals surface area contributed by atoms with Crippen LogP contribution in [0, 0.1) is 11.6 Å². The van der Waals surface area contributed by atoms with Crippen molar-refractivity contribution in [1.29, 1.82) is 0 Å². The average molecular weight is 544 g/mol. The molecule has 11 heteroatoms. The number of carbonyl (C=O) groups excluding carboxylic acids is 1. The maximum absolute atomic E-state index is 15.4. The monoisotopic (exact) mass is 543 g/mol. The molecule has 3 heterocycles. The summed E-state index contributed by atoms with van der Waals surface area (Å²) in [7, 11) is 1.86. The fourth-order valence-corrected chi connectivity index (χ4v) is 5.45. The highest BCUT2D eigenvalue weighted by atomic mass is 19.3. The Bertz CT molecular complexity index is 1440. The van der Waals surface area contributed by atoms with E-state index in [0.29, 0.717) is 24.3 Å². The van der Waals surface area contributed by atoms with Crippen molar-refractivity contribution in [3.63, 3.8) is 0 Å². The molecular formula is C28H29F4N5O2. The Labute approximate surface area is 223 Å². The number of nitrogens with zero attached hydrogens (tertiary/aromatic N) is 4. The number of anilines is 2. The lowest BCUT2D eigenvalue weighted by Gasteiger charge is -2.51. The predicted octanol–water partition coefficient (Wildman–Crippen LogP) is 4.52. The summed E-state index contributed by atoms with van der Waals surface area (Å²) in [4.78, 5) is 25.8. The number of likely N-dealkylation sites (N-methyl/N-ethyl adjacent to an activating group) is 1. The Morgan fingerprint density at radius 1 is 1.08 bits per heavy atom. The van der Waals surface area contributed by atoms with Crippen molar-refractivity contribution < 1.29 is 27.5 Å². The molecule has 2 aromatic carbocycles. The first-order valence-corrected chi connectivity index (χ1v) is 12.5. The molecule has 3 aromatic rings. The zero-order valence-electron chi connectivity index (χ0n) is 22.0. The number of aliphatic hydroxyl groups is 1. The molecule has 0 aliphatic carbocycles. The van der Waals surface area contributed by atoms with Gasteiger partial charge in [-0.3, -0.25) is 4.79 Å². The van der Waals surface area contributed by atoms with Gasteiger partial charge in [0.15, 0.2) is 0 Å². The number of benzene rings is 2. The van der Waals surface area contributed by atoms with Gasteiger partial charge in [0.2, 0.25) is 5.91 Å². The van der Waals surface area contributed by atoms with Crippen LogP contribution in [0.25, 0.3) is 0 Å². The van der Waals surface area contributed by atoms with E-state index in [4.69, 9.17) is 0 Å². The van der Waals surface area contributed by atoms with Crippen molar-refractivity contribution in [3.8, 4) is 0 Å². The van der Waals surface area contributed by atoms with Gasteiger partial charge < -0.3 is 20.2 Å². The molecule has 1 fully saturated rings. The number of amides is 1. The van der Waals surface area contributed by atoms with Crippen LogP contribution in [0.5, 0.6) is 0 Å². The fourth-order valence-electron chi connectivity index (χ4n) is 5.45. The molecule has 206 valence electrons. The molecule has 2 aliphatic rings. The molecular weight excluding hydrogens is 514 g/mol. The quantitative estimate of drug-likeness (QED) is 0.445. The van der Waals surface area contributed by atoms with Crippen LogP contribution in [0.4, 0.5) is 29.1 Å². The molecule has 0 bridgehead atoms. The van der Waals surface area contributed by atoms with E-state index in [1.54, 1.807) is 13.0 Å². The number of hydrogen-bond acceptors (Lipinski definition) is 6. The molecule has 7 nitrogen and oxygen atoms in total. The Hall–Kier alpha value is -3.57. The molecule has 5 rings (SSSR count). The van der Waals surface area contributed by atoms with E-state index in [2.05, 4.69) is 15.3 Å². The van der Waals surface area contributed by atoms with Gasteiger partial charge in [0.1, 0.15) is 34.8 Å². The number of carbonyl (C=O) groups is 1. The lowest BCUT2D eigenvalue weighted by Crippen LogP contribution is -2.68. The molecule has 1 spiro atoms. The summed E-state index contributed by atoms with van der Waals surface area (Å²) in [5, 5.41) is 13.1. The number of fused-ring (bicyclic) bond motifs is 2. The average Bonchev–Trinajstić information content (AvgIpc) is 2.85. The second kappa shape index (κ2) is 9.27. The molecule has 2 aliphatic heterocycles. The zero-order valence-corrected chi connectivity index (χ0v) is 22.0. The molecule has 1 amide bonds. The SMILES string of the molecule is C[C@@H](Nc1ncnc2c1CN(c1ccccc1F)C(=O)C21CN(C)C1)c1cccc(C(F)(F)C(C)(C)O)c1F. The van der Waals surface area contributed by atoms with Crippen LogP contribution in [0.1, 0.15) is 49.2 Å². The first kappa shape index (κ1) is 27.0. The number of hydrogen-bond donors (Lipinski definition) is 2. The number of halogens is 4. The number of aromatic nitrogens is 2.